The first kappa shape index (κ1) is 22.3. The van der Waals surface area contributed by atoms with Crippen LogP contribution in [0.4, 0.5) is 21.5 Å². The molecule has 0 heterocycles. The SMILES string of the molecule is CC(=O)Nc1ccc(NC(=O)c2ccc(Cl)c(NS(=O)(=O)c3ccc(F)cc3)c2)cc1. The molecule has 0 aromatic heterocycles. The van der Waals surface area contributed by atoms with Crippen molar-refractivity contribution >= 4 is 50.5 Å². The summed E-state index contributed by atoms with van der Waals surface area (Å²) in [6.45, 7) is 1.39. The Bertz CT molecular complexity index is 1230. The lowest BCUT2D eigenvalue weighted by Crippen LogP contribution is -2.15. The van der Waals surface area contributed by atoms with E-state index in [1.165, 1.54) is 25.1 Å². The van der Waals surface area contributed by atoms with Gasteiger partial charge in [0.25, 0.3) is 15.9 Å². The summed E-state index contributed by atoms with van der Waals surface area (Å²) in [5, 5.41) is 5.37. The fourth-order valence-corrected chi connectivity index (χ4v) is 3.90. The summed E-state index contributed by atoms with van der Waals surface area (Å²) in [5.41, 5.74) is 1.21. The third-order valence-electron chi connectivity index (χ3n) is 4.06. The molecule has 0 spiro atoms. The Labute approximate surface area is 183 Å². The van der Waals surface area contributed by atoms with E-state index in [4.69, 9.17) is 11.6 Å². The van der Waals surface area contributed by atoms with Gasteiger partial charge < -0.3 is 10.6 Å². The van der Waals surface area contributed by atoms with E-state index in [9.17, 15) is 22.4 Å². The van der Waals surface area contributed by atoms with E-state index in [0.29, 0.717) is 11.4 Å². The van der Waals surface area contributed by atoms with Crippen LogP contribution in [-0.4, -0.2) is 20.2 Å². The first-order chi connectivity index (χ1) is 14.6. The van der Waals surface area contributed by atoms with E-state index in [2.05, 4.69) is 15.4 Å². The second-order valence-electron chi connectivity index (χ2n) is 6.47. The average Bonchev–Trinajstić information content (AvgIpc) is 2.71. The molecule has 7 nitrogen and oxygen atoms in total. The first-order valence-corrected chi connectivity index (χ1v) is 10.8. The third kappa shape index (κ3) is 5.80. The van der Waals surface area contributed by atoms with Gasteiger partial charge in [0.05, 0.1) is 15.6 Å². The minimum atomic E-state index is -4.04. The molecule has 3 aromatic carbocycles. The molecule has 0 fully saturated rings. The molecule has 3 N–H and O–H groups in total. The van der Waals surface area contributed by atoms with Crippen molar-refractivity contribution in [1.82, 2.24) is 0 Å². The van der Waals surface area contributed by atoms with Crippen LogP contribution in [0.5, 0.6) is 0 Å². The minimum Gasteiger partial charge on any atom is -0.326 e. The molecule has 0 bridgehead atoms. The van der Waals surface area contributed by atoms with Crippen molar-refractivity contribution in [3.05, 3.63) is 83.1 Å². The van der Waals surface area contributed by atoms with Gasteiger partial charge in [-0.25, -0.2) is 12.8 Å². The van der Waals surface area contributed by atoms with Crippen LogP contribution in [0.25, 0.3) is 0 Å². The number of nitrogens with one attached hydrogen (secondary N) is 3. The number of carbonyl (C=O) groups is 2. The normalized spacial score (nSPS) is 10.9. The van der Waals surface area contributed by atoms with Crippen molar-refractivity contribution < 1.29 is 22.4 Å². The smallest absolute Gasteiger partial charge is 0.261 e. The minimum absolute atomic E-state index is 0.000326. The van der Waals surface area contributed by atoms with Gasteiger partial charge >= 0.3 is 0 Å². The summed E-state index contributed by atoms with van der Waals surface area (Å²) >= 11 is 6.09. The molecule has 0 aliphatic rings. The summed E-state index contributed by atoms with van der Waals surface area (Å²) in [6.07, 6.45) is 0. The van der Waals surface area contributed by atoms with Gasteiger partial charge in [-0.2, -0.15) is 0 Å². The number of rotatable bonds is 6. The van der Waals surface area contributed by atoms with Gasteiger partial charge in [0.1, 0.15) is 5.82 Å². The molecule has 160 valence electrons. The van der Waals surface area contributed by atoms with Gasteiger partial charge in [0.15, 0.2) is 0 Å². The Morgan fingerprint density at radius 1 is 0.871 bits per heavy atom. The highest BCUT2D eigenvalue weighted by molar-refractivity contribution is 7.92. The maximum atomic E-state index is 13.1. The van der Waals surface area contributed by atoms with Crippen molar-refractivity contribution in [3.63, 3.8) is 0 Å². The number of anilines is 3. The largest absolute Gasteiger partial charge is 0.326 e. The van der Waals surface area contributed by atoms with E-state index in [1.807, 2.05) is 0 Å². The Hall–Kier alpha value is -3.43. The summed E-state index contributed by atoms with van der Waals surface area (Å²) < 4.78 is 40.4. The second-order valence-corrected chi connectivity index (χ2v) is 8.56. The lowest BCUT2D eigenvalue weighted by molar-refractivity contribution is -0.114. The predicted molar refractivity (Wildman–Crippen MR) is 117 cm³/mol. The monoisotopic (exact) mass is 461 g/mol. The Morgan fingerprint density at radius 3 is 2.03 bits per heavy atom. The molecule has 2 amide bonds. The maximum Gasteiger partial charge on any atom is 0.261 e. The highest BCUT2D eigenvalue weighted by atomic mass is 35.5. The van der Waals surface area contributed by atoms with Crippen LogP contribution in [0.3, 0.4) is 0 Å². The van der Waals surface area contributed by atoms with Crippen LogP contribution in [0.1, 0.15) is 17.3 Å². The van der Waals surface area contributed by atoms with Crippen LogP contribution in [-0.2, 0) is 14.8 Å². The molecule has 0 saturated heterocycles. The molecular formula is C21H17ClFN3O4S. The molecule has 0 radical (unpaired) electrons. The Kier molecular flexibility index (Phi) is 6.57. The summed E-state index contributed by atoms with van der Waals surface area (Å²) in [5.74, 6) is -1.28. The number of hydrogen-bond donors (Lipinski definition) is 3. The van der Waals surface area contributed by atoms with Crippen molar-refractivity contribution in [2.75, 3.05) is 15.4 Å². The first-order valence-electron chi connectivity index (χ1n) is 8.91. The number of carbonyl (C=O) groups excluding carboxylic acids is 2. The molecule has 10 heteroatoms. The zero-order chi connectivity index (χ0) is 22.6. The van der Waals surface area contributed by atoms with E-state index >= 15 is 0 Å². The molecule has 0 saturated carbocycles. The molecule has 0 aliphatic carbocycles. The highest BCUT2D eigenvalue weighted by Gasteiger charge is 2.17. The molecule has 0 unspecified atom stereocenters. The van der Waals surface area contributed by atoms with Gasteiger partial charge in [-0.1, -0.05) is 11.6 Å². The third-order valence-corrected chi connectivity index (χ3v) is 5.77. The summed E-state index contributed by atoms with van der Waals surface area (Å²) in [7, 11) is -4.04. The number of amides is 2. The summed E-state index contributed by atoms with van der Waals surface area (Å²) in [4.78, 5) is 23.5. The quantitative estimate of drug-likeness (QED) is 0.503. The summed E-state index contributed by atoms with van der Waals surface area (Å²) in [6, 6.07) is 14.9. The lowest BCUT2D eigenvalue weighted by atomic mass is 10.2. The fourth-order valence-electron chi connectivity index (χ4n) is 2.61. The molecule has 0 atom stereocenters. The molecule has 3 rings (SSSR count). The Balaban J connectivity index is 1.77. The van der Waals surface area contributed by atoms with Gasteiger partial charge in [0, 0.05) is 23.9 Å². The van der Waals surface area contributed by atoms with Crippen LogP contribution in [0.15, 0.2) is 71.6 Å². The molecule has 0 aliphatic heterocycles. The standard InChI is InChI=1S/C21H17ClFN3O4S/c1-13(27)24-16-5-7-17(8-6-16)25-21(28)14-2-11-19(22)20(12-14)26-31(29,30)18-9-3-15(23)4-10-18/h2-12,26H,1H3,(H,24,27)(H,25,28). The van der Waals surface area contributed by atoms with E-state index in [-0.39, 0.29) is 27.1 Å². The van der Waals surface area contributed by atoms with Gasteiger partial charge in [-0.15, -0.1) is 0 Å². The topological polar surface area (TPSA) is 104 Å². The predicted octanol–water partition coefficient (Wildman–Crippen LogP) is 4.49. The fraction of sp³-hybridized carbons (Fsp3) is 0.0476. The van der Waals surface area contributed by atoms with Gasteiger partial charge in [-0.3, -0.25) is 14.3 Å². The number of benzene rings is 3. The average molecular weight is 462 g/mol. The number of hydrogen-bond acceptors (Lipinski definition) is 4. The number of halogens is 2. The number of sulfonamides is 1. The van der Waals surface area contributed by atoms with Crippen LogP contribution < -0.4 is 15.4 Å². The van der Waals surface area contributed by atoms with Crippen molar-refractivity contribution in [3.8, 4) is 0 Å². The zero-order valence-electron chi connectivity index (χ0n) is 16.1. The van der Waals surface area contributed by atoms with Crippen molar-refractivity contribution in [2.45, 2.75) is 11.8 Å². The molecule has 31 heavy (non-hydrogen) atoms. The molecule has 3 aromatic rings. The van der Waals surface area contributed by atoms with Gasteiger partial charge in [-0.05, 0) is 66.7 Å². The Morgan fingerprint density at radius 2 is 1.45 bits per heavy atom. The van der Waals surface area contributed by atoms with Gasteiger partial charge in [0.2, 0.25) is 5.91 Å². The van der Waals surface area contributed by atoms with Crippen LogP contribution >= 0.6 is 11.6 Å². The highest BCUT2D eigenvalue weighted by Crippen LogP contribution is 2.26. The zero-order valence-corrected chi connectivity index (χ0v) is 17.7. The van der Waals surface area contributed by atoms with Crippen molar-refractivity contribution in [2.24, 2.45) is 0 Å². The maximum absolute atomic E-state index is 13.1. The van der Waals surface area contributed by atoms with E-state index in [0.717, 1.165) is 24.3 Å². The van der Waals surface area contributed by atoms with Crippen LogP contribution in [0.2, 0.25) is 5.02 Å². The van der Waals surface area contributed by atoms with Crippen LogP contribution in [0, 0.1) is 5.82 Å². The second kappa shape index (κ2) is 9.15. The lowest BCUT2D eigenvalue weighted by Gasteiger charge is -2.12. The van der Waals surface area contributed by atoms with E-state index < -0.39 is 21.7 Å². The molecular weight excluding hydrogens is 445 g/mol. The van der Waals surface area contributed by atoms with Crippen molar-refractivity contribution in [1.29, 1.82) is 0 Å². The van der Waals surface area contributed by atoms with E-state index in [1.54, 1.807) is 24.3 Å².